The molecule has 2 rings (SSSR count). The van der Waals surface area contributed by atoms with Crippen molar-refractivity contribution < 1.29 is 4.79 Å². The van der Waals surface area contributed by atoms with E-state index >= 15 is 0 Å². The average molecular weight is 246 g/mol. The molecule has 0 unspecified atom stereocenters. The van der Waals surface area contributed by atoms with E-state index in [0.29, 0.717) is 6.54 Å². The van der Waals surface area contributed by atoms with Gasteiger partial charge >= 0.3 is 0 Å². The zero-order chi connectivity index (χ0) is 12.8. The summed E-state index contributed by atoms with van der Waals surface area (Å²) in [4.78, 5) is 11.2. The van der Waals surface area contributed by atoms with Gasteiger partial charge in [-0.1, -0.05) is 18.2 Å². The predicted octanol–water partition coefficient (Wildman–Crippen LogP) is 1.44. The summed E-state index contributed by atoms with van der Waals surface area (Å²) in [6.45, 7) is 1.16. The molecule has 0 spiro atoms. The molecular weight excluding hydrogens is 224 g/mol. The number of carbonyl (C=O) groups is 1. The second kappa shape index (κ2) is 6.55. The van der Waals surface area contributed by atoms with Crippen molar-refractivity contribution in [1.29, 1.82) is 0 Å². The smallest absolute Gasteiger partial charge is 0.233 e. The molecule has 18 heavy (non-hydrogen) atoms. The van der Waals surface area contributed by atoms with Crippen molar-refractivity contribution in [3.8, 4) is 0 Å². The van der Waals surface area contributed by atoms with E-state index in [9.17, 15) is 4.79 Å². The molecule has 0 radical (unpaired) electrons. The SMILES string of the molecule is CNCC(=O)NCCCc1ccc2c(c1)CCC2. The van der Waals surface area contributed by atoms with Crippen molar-refractivity contribution in [3.63, 3.8) is 0 Å². The van der Waals surface area contributed by atoms with Crippen molar-refractivity contribution in [1.82, 2.24) is 10.6 Å². The number of fused-ring (bicyclic) bond motifs is 1. The van der Waals surface area contributed by atoms with E-state index < -0.39 is 0 Å². The molecule has 0 saturated heterocycles. The molecule has 1 aromatic rings. The van der Waals surface area contributed by atoms with Crippen LogP contribution >= 0.6 is 0 Å². The van der Waals surface area contributed by atoms with Gasteiger partial charge in [-0.3, -0.25) is 4.79 Å². The predicted molar refractivity (Wildman–Crippen MR) is 73.7 cm³/mol. The van der Waals surface area contributed by atoms with Crippen molar-refractivity contribution in [2.24, 2.45) is 0 Å². The summed E-state index contributed by atoms with van der Waals surface area (Å²) >= 11 is 0. The Bertz CT molecular complexity index is 415. The number of rotatable bonds is 6. The Labute approximate surface area is 109 Å². The molecule has 0 aromatic heterocycles. The highest BCUT2D eigenvalue weighted by molar-refractivity contribution is 5.77. The Morgan fingerprint density at radius 3 is 2.94 bits per heavy atom. The summed E-state index contributed by atoms with van der Waals surface area (Å²) in [6, 6.07) is 6.86. The molecule has 1 aliphatic carbocycles. The number of aryl methyl sites for hydroxylation is 3. The van der Waals surface area contributed by atoms with Crippen molar-refractivity contribution in [2.45, 2.75) is 32.1 Å². The molecule has 0 saturated carbocycles. The van der Waals surface area contributed by atoms with Gasteiger partial charge < -0.3 is 10.6 Å². The monoisotopic (exact) mass is 246 g/mol. The van der Waals surface area contributed by atoms with Crippen LogP contribution < -0.4 is 10.6 Å². The number of amides is 1. The summed E-state index contributed by atoms with van der Waals surface area (Å²) < 4.78 is 0. The number of carbonyl (C=O) groups excluding carboxylic acids is 1. The number of nitrogens with one attached hydrogen (secondary N) is 2. The van der Waals surface area contributed by atoms with Crippen LogP contribution in [0.4, 0.5) is 0 Å². The average Bonchev–Trinajstić information content (AvgIpc) is 2.82. The fourth-order valence-corrected chi connectivity index (χ4v) is 2.52. The first kappa shape index (κ1) is 13.1. The topological polar surface area (TPSA) is 41.1 Å². The largest absolute Gasteiger partial charge is 0.355 e. The molecule has 1 amide bonds. The molecule has 98 valence electrons. The standard InChI is InChI=1S/C15H22N2O/c1-16-11-15(18)17-9-3-4-12-7-8-13-5-2-6-14(13)10-12/h7-8,10,16H,2-6,9,11H2,1H3,(H,17,18). The number of benzene rings is 1. The third-order valence-corrected chi connectivity index (χ3v) is 3.46. The molecule has 0 atom stereocenters. The van der Waals surface area contributed by atoms with Crippen LogP contribution in [0, 0.1) is 0 Å². The van der Waals surface area contributed by atoms with Crippen molar-refractivity contribution in [3.05, 3.63) is 34.9 Å². The molecule has 3 heteroatoms. The zero-order valence-electron chi connectivity index (χ0n) is 11.1. The Morgan fingerprint density at radius 2 is 2.11 bits per heavy atom. The molecule has 1 aliphatic rings. The maximum atomic E-state index is 11.2. The minimum Gasteiger partial charge on any atom is -0.355 e. The molecular formula is C15H22N2O. The minimum atomic E-state index is 0.0754. The van der Waals surface area contributed by atoms with Gasteiger partial charge in [0.1, 0.15) is 0 Å². The van der Waals surface area contributed by atoms with Gasteiger partial charge in [0.25, 0.3) is 0 Å². The highest BCUT2D eigenvalue weighted by Gasteiger charge is 2.10. The first-order valence-electron chi connectivity index (χ1n) is 6.81. The van der Waals surface area contributed by atoms with E-state index in [1.165, 1.54) is 36.0 Å². The number of hydrogen-bond acceptors (Lipinski definition) is 2. The first-order valence-corrected chi connectivity index (χ1v) is 6.81. The van der Waals surface area contributed by atoms with Crippen LogP contribution in [0.3, 0.4) is 0 Å². The third-order valence-electron chi connectivity index (χ3n) is 3.46. The fraction of sp³-hybridized carbons (Fsp3) is 0.533. The lowest BCUT2D eigenvalue weighted by Crippen LogP contribution is -2.32. The second-order valence-corrected chi connectivity index (χ2v) is 4.94. The molecule has 0 aliphatic heterocycles. The van der Waals surface area contributed by atoms with Gasteiger partial charge in [0.05, 0.1) is 6.54 Å². The van der Waals surface area contributed by atoms with Crippen LogP contribution in [0.25, 0.3) is 0 Å². The third kappa shape index (κ3) is 3.57. The van der Waals surface area contributed by atoms with Crippen LogP contribution in [-0.4, -0.2) is 26.0 Å². The Morgan fingerprint density at radius 1 is 1.28 bits per heavy atom. The van der Waals surface area contributed by atoms with Gasteiger partial charge in [0.2, 0.25) is 5.91 Å². The van der Waals surface area contributed by atoms with Gasteiger partial charge in [-0.2, -0.15) is 0 Å². The van der Waals surface area contributed by atoms with Crippen molar-refractivity contribution >= 4 is 5.91 Å². The van der Waals surface area contributed by atoms with Crippen LogP contribution in [0.1, 0.15) is 29.5 Å². The first-order chi connectivity index (χ1) is 8.79. The molecule has 3 nitrogen and oxygen atoms in total. The summed E-state index contributed by atoms with van der Waals surface area (Å²) in [6.07, 6.45) is 5.85. The van der Waals surface area contributed by atoms with E-state index in [2.05, 4.69) is 28.8 Å². The summed E-state index contributed by atoms with van der Waals surface area (Å²) in [5, 5.41) is 5.75. The lowest BCUT2D eigenvalue weighted by molar-refractivity contribution is -0.120. The van der Waals surface area contributed by atoms with Gasteiger partial charge in [-0.25, -0.2) is 0 Å². The maximum absolute atomic E-state index is 11.2. The maximum Gasteiger partial charge on any atom is 0.233 e. The van der Waals surface area contributed by atoms with E-state index in [4.69, 9.17) is 0 Å². The highest BCUT2D eigenvalue weighted by Crippen LogP contribution is 2.23. The molecule has 0 heterocycles. The normalized spacial score (nSPS) is 13.4. The van der Waals surface area contributed by atoms with E-state index in [0.717, 1.165) is 19.4 Å². The Kier molecular flexibility index (Phi) is 4.76. The summed E-state index contributed by atoms with van der Waals surface area (Å²) in [5.74, 6) is 0.0754. The molecule has 1 aromatic carbocycles. The highest BCUT2D eigenvalue weighted by atomic mass is 16.1. The Balaban J connectivity index is 1.72. The van der Waals surface area contributed by atoms with E-state index in [-0.39, 0.29) is 5.91 Å². The molecule has 0 fully saturated rings. The van der Waals surface area contributed by atoms with Gasteiger partial charge in [-0.15, -0.1) is 0 Å². The Hall–Kier alpha value is -1.35. The van der Waals surface area contributed by atoms with Crippen LogP contribution in [0.5, 0.6) is 0 Å². The van der Waals surface area contributed by atoms with E-state index in [1.54, 1.807) is 7.05 Å². The number of likely N-dealkylation sites (N-methyl/N-ethyl adjacent to an activating group) is 1. The van der Waals surface area contributed by atoms with Gasteiger partial charge in [0.15, 0.2) is 0 Å². The van der Waals surface area contributed by atoms with Crippen LogP contribution in [0.2, 0.25) is 0 Å². The second-order valence-electron chi connectivity index (χ2n) is 4.94. The van der Waals surface area contributed by atoms with Crippen molar-refractivity contribution in [2.75, 3.05) is 20.1 Å². The lowest BCUT2D eigenvalue weighted by Gasteiger charge is -2.06. The molecule has 2 N–H and O–H groups in total. The van der Waals surface area contributed by atoms with Gasteiger partial charge in [-0.05, 0) is 55.8 Å². The van der Waals surface area contributed by atoms with Gasteiger partial charge in [0, 0.05) is 6.54 Å². The summed E-state index contributed by atoms with van der Waals surface area (Å²) in [5.41, 5.74) is 4.46. The number of hydrogen-bond donors (Lipinski definition) is 2. The minimum absolute atomic E-state index is 0.0754. The summed E-state index contributed by atoms with van der Waals surface area (Å²) in [7, 11) is 1.78. The fourth-order valence-electron chi connectivity index (χ4n) is 2.52. The van der Waals surface area contributed by atoms with E-state index in [1.807, 2.05) is 0 Å². The van der Waals surface area contributed by atoms with Crippen LogP contribution in [-0.2, 0) is 24.1 Å². The van der Waals surface area contributed by atoms with Crippen LogP contribution in [0.15, 0.2) is 18.2 Å². The quantitative estimate of drug-likeness (QED) is 0.746. The molecule has 0 bridgehead atoms. The lowest BCUT2D eigenvalue weighted by atomic mass is 10.0. The zero-order valence-corrected chi connectivity index (χ0v) is 11.1.